The Labute approximate surface area is 232 Å². The van der Waals surface area contributed by atoms with Crippen molar-refractivity contribution in [3.8, 4) is 11.1 Å². The highest BCUT2D eigenvalue weighted by molar-refractivity contribution is 6.33. The van der Waals surface area contributed by atoms with Crippen LogP contribution in [0.5, 0.6) is 0 Å². The van der Waals surface area contributed by atoms with E-state index in [1.54, 1.807) is 24.3 Å². The predicted octanol–water partition coefficient (Wildman–Crippen LogP) is 6.61. The number of aliphatic hydroxyl groups is 1. The van der Waals surface area contributed by atoms with E-state index in [-0.39, 0.29) is 11.7 Å². The fourth-order valence-corrected chi connectivity index (χ4v) is 5.09. The molecule has 0 aliphatic heterocycles. The minimum atomic E-state index is -0.716. The number of carbonyl (C=O) groups is 1. The van der Waals surface area contributed by atoms with Crippen molar-refractivity contribution in [1.29, 1.82) is 0 Å². The van der Waals surface area contributed by atoms with Crippen LogP contribution in [0.3, 0.4) is 0 Å². The number of rotatable bonds is 7. The van der Waals surface area contributed by atoms with E-state index in [0.717, 1.165) is 39.3 Å². The number of halogens is 2. The molecule has 0 spiro atoms. The summed E-state index contributed by atoms with van der Waals surface area (Å²) in [6.45, 7) is 2.46. The van der Waals surface area contributed by atoms with Gasteiger partial charge in [-0.05, 0) is 78.1 Å². The number of aliphatic hydroxyl groups excluding tert-OH is 1. The summed E-state index contributed by atoms with van der Waals surface area (Å²) in [5.74, 6) is 0.243. The van der Waals surface area contributed by atoms with Crippen LogP contribution in [0.1, 0.15) is 40.0 Å². The van der Waals surface area contributed by atoms with Crippen LogP contribution in [-0.4, -0.2) is 29.5 Å². The van der Waals surface area contributed by atoms with E-state index in [0.29, 0.717) is 30.0 Å². The van der Waals surface area contributed by atoms with Crippen molar-refractivity contribution in [2.75, 3.05) is 11.9 Å². The standard InChI is InChI=1S/C32H29ClFN3O2/c1-20(35-17-16-21-6-13-25(34)14-7-21)36-26-15-12-24-18-30(38)31(28(24)19-26)37-32(39)23-10-8-22(9-11-23)27-4-2-3-5-29(27)33/h2-15,19,30-31,38H,16-18H2,1H3,(H,35,36)(H,37,39)/t30-,31-/m1/s1. The van der Waals surface area contributed by atoms with Crippen molar-refractivity contribution in [1.82, 2.24) is 5.32 Å². The molecule has 1 aliphatic carbocycles. The lowest BCUT2D eigenvalue weighted by Gasteiger charge is -2.19. The number of anilines is 1. The summed E-state index contributed by atoms with van der Waals surface area (Å²) in [6, 6.07) is 26.6. The van der Waals surface area contributed by atoms with Crippen molar-refractivity contribution in [2.24, 2.45) is 4.99 Å². The number of benzene rings is 4. The molecule has 198 valence electrons. The molecule has 0 saturated carbocycles. The number of aliphatic imine (C=N–C) groups is 1. The highest BCUT2D eigenvalue weighted by atomic mass is 35.5. The maximum atomic E-state index is 13.1. The van der Waals surface area contributed by atoms with Gasteiger partial charge in [-0.25, -0.2) is 4.39 Å². The number of hydrogen-bond donors (Lipinski definition) is 3. The third kappa shape index (κ3) is 6.36. The van der Waals surface area contributed by atoms with E-state index in [4.69, 9.17) is 11.6 Å². The van der Waals surface area contributed by atoms with Crippen molar-refractivity contribution in [2.45, 2.75) is 31.9 Å². The van der Waals surface area contributed by atoms with Gasteiger partial charge in [0.15, 0.2) is 0 Å². The van der Waals surface area contributed by atoms with Gasteiger partial charge < -0.3 is 15.7 Å². The number of carbonyl (C=O) groups excluding carboxylic acids is 1. The van der Waals surface area contributed by atoms with E-state index < -0.39 is 12.1 Å². The lowest BCUT2D eigenvalue weighted by atomic mass is 10.0. The molecule has 1 amide bonds. The lowest BCUT2D eigenvalue weighted by Crippen LogP contribution is -2.33. The Kier molecular flexibility index (Phi) is 8.05. The summed E-state index contributed by atoms with van der Waals surface area (Å²) in [5, 5.41) is 17.7. The van der Waals surface area contributed by atoms with E-state index in [1.165, 1.54) is 12.1 Å². The highest BCUT2D eigenvalue weighted by Crippen LogP contribution is 2.34. The van der Waals surface area contributed by atoms with Crippen LogP contribution in [0.15, 0.2) is 96.0 Å². The molecule has 0 unspecified atom stereocenters. The number of nitrogens with zero attached hydrogens (tertiary/aromatic N) is 1. The molecule has 4 aromatic carbocycles. The average Bonchev–Trinajstić information content (AvgIpc) is 3.24. The summed E-state index contributed by atoms with van der Waals surface area (Å²) < 4.78 is 13.1. The molecule has 0 radical (unpaired) electrons. The van der Waals surface area contributed by atoms with Gasteiger partial charge in [-0.15, -0.1) is 0 Å². The largest absolute Gasteiger partial charge is 0.390 e. The molecule has 1 aliphatic rings. The van der Waals surface area contributed by atoms with Crippen molar-refractivity contribution in [3.05, 3.63) is 124 Å². The normalized spacial score (nSPS) is 16.6. The second-order valence-electron chi connectivity index (χ2n) is 9.66. The fraction of sp³-hybridized carbons (Fsp3) is 0.188. The summed E-state index contributed by atoms with van der Waals surface area (Å²) in [5.41, 5.74) is 6.07. The van der Waals surface area contributed by atoms with Crippen LogP contribution in [0.25, 0.3) is 11.1 Å². The summed E-state index contributed by atoms with van der Waals surface area (Å²) in [6.07, 6.45) is 0.465. The van der Waals surface area contributed by atoms with Crippen LogP contribution < -0.4 is 10.6 Å². The van der Waals surface area contributed by atoms with Crippen LogP contribution in [-0.2, 0) is 12.8 Å². The molecule has 7 heteroatoms. The number of hydrogen-bond acceptors (Lipinski definition) is 3. The van der Waals surface area contributed by atoms with Gasteiger partial charge in [0.05, 0.1) is 18.0 Å². The molecule has 3 N–H and O–H groups in total. The van der Waals surface area contributed by atoms with E-state index in [2.05, 4.69) is 15.6 Å². The molecular formula is C32H29ClFN3O2. The first-order valence-electron chi connectivity index (χ1n) is 12.9. The maximum Gasteiger partial charge on any atom is 0.251 e. The fourth-order valence-electron chi connectivity index (χ4n) is 4.85. The Morgan fingerprint density at radius 3 is 2.51 bits per heavy atom. The second-order valence-corrected chi connectivity index (χ2v) is 10.1. The van der Waals surface area contributed by atoms with Crippen LogP contribution in [0, 0.1) is 5.82 Å². The lowest BCUT2D eigenvalue weighted by molar-refractivity contribution is 0.0858. The molecule has 0 heterocycles. The first kappa shape index (κ1) is 26.6. The van der Waals surface area contributed by atoms with E-state index in [9.17, 15) is 14.3 Å². The number of fused-ring (bicyclic) bond motifs is 1. The molecule has 0 bridgehead atoms. The minimum absolute atomic E-state index is 0.248. The maximum absolute atomic E-state index is 13.1. The van der Waals surface area contributed by atoms with Gasteiger partial charge >= 0.3 is 0 Å². The van der Waals surface area contributed by atoms with Gasteiger partial charge in [0.2, 0.25) is 0 Å². The predicted molar refractivity (Wildman–Crippen MR) is 155 cm³/mol. The van der Waals surface area contributed by atoms with Crippen molar-refractivity contribution >= 4 is 29.0 Å². The Morgan fingerprint density at radius 1 is 1.03 bits per heavy atom. The van der Waals surface area contributed by atoms with Crippen LogP contribution in [0.2, 0.25) is 5.02 Å². The van der Waals surface area contributed by atoms with Gasteiger partial charge in [-0.3, -0.25) is 9.79 Å². The zero-order valence-corrected chi connectivity index (χ0v) is 22.3. The Bertz CT molecular complexity index is 1500. The number of amidine groups is 1. The quantitative estimate of drug-likeness (QED) is 0.182. The first-order valence-corrected chi connectivity index (χ1v) is 13.2. The molecule has 0 aromatic heterocycles. The Balaban J connectivity index is 1.24. The van der Waals surface area contributed by atoms with Gasteiger partial charge in [-0.1, -0.05) is 60.1 Å². The first-order chi connectivity index (χ1) is 18.9. The van der Waals surface area contributed by atoms with Crippen LogP contribution in [0.4, 0.5) is 10.1 Å². The number of amides is 1. The molecule has 2 atom stereocenters. The number of nitrogens with one attached hydrogen (secondary N) is 2. The van der Waals surface area contributed by atoms with Crippen LogP contribution >= 0.6 is 11.6 Å². The summed E-state index contributed by atoms with van der Waals surface area (Å²) >= 11 is 6.31. The molecular weight excluding hydrogens is 513 g/mol. The topological polar surface area (TPSA) is 73.7 Å². The minimum Gasteiger partial charge on any atom is -0.390 e. The third-order valence-electron chi connectivity index (χ3n) is 6.90. The van der Waals surface area contributed by atoms with Gasteiger partial charge in [0.1, 0.15) is 5.82 Å². The zero-order chi connectivity index (χ0) is 27.4. The second kappa shape index (κ2) is 11.8. The van der Waals surface area contributed by atoms with Gasteiger partial charge in [0.25, 0.3) is 5.91 Å². The molecule has 0 saturated heterocycles. The monoisotopic (exact) mass is 541 g/mol. The molecule has 39 heavy (non-hydrogen) atoms. The van der Waals surface area contributed by atoms with E-state index >= 15 is 0 Å². The molecule has 4 aromatic rings. The SMILES string of the molecule is CC(=NCCc1ccc(F)cc1)Nc1ccc2c(c1)[C@@H](NC(=O)c1ccc(-c3ccccc3Cl)cc1)[C@H](O)C2. The van der Waals surface area contributed by atoms with Crippen molar-refractivity contribution < 1.29 is 14.3 Å². The Hall–Kier alpha value is -4.00. The Morgan fingerprint density at radius 2 is 1.77 bits per heavy atom. The highest BCUT2D eigenvalue weighted by Gasteiger charge is 2.32. The zero-order valence-electron chi connectivity index (χ0n) is 21.5. The van der Waals surface area contributed by atoms with Gasteiger partial charge in [-0.2, -0.15) is 0 Å². The molecule has 5 nitrogen and oxygen atoms in total. The van der Waals surface area contributed by atoms with E-state index in [1.807, 2.05) is 61.5 Å². The molecule has 0 fully saturated rings. The summed E-state index contributed by atoms with van der Waals surface area (Å²) in [4.78, 5) is 17.7. The summed E-state index contributed by atoms with van der Waals surface area (Å²) in [7, 11) is 0. The van der Waals surface area contributed by atoms with Gasteiger partial charge in [0, 0.05) is 34.8 Å². The smallest absolute Gasteiger partial charge is 0.251 e. The third-order valence-corrected chi connectivity index (χ3v) is 7.23. The average molecular weight is 542 g/mol. The molecule has 5 rings (SSSR count). The van der Waals surface area contributed by atoms with Crippen molar-refractivity contribution in [3.63, 3.8) is 0 Å².